The van der Waals surface area contributed by atoms with Crippen LogP contribution in [0.25, 0.3) is 11.1 Å². The van der Waals surface area contributed by atoms with Crippen molar-refractivity contribution in [3.63, 3.8) is 0 Å². The van der Waals surface area contributed by atoms with Crippen molar-refractivity contribution in [2.45, 2.75) is 6.92 Å². The van der Waals surface area contributed by atoms with Crippen LogP contribution >= 0.6 is 0 Å². The van der Waals surface area contributed by atoms with E-state index in [1.165, 1.54) is 0 Å². The summed E-state index contributed by atoms with van der Waals surface area (Å²) in [5, 5.41) is 0. The van der Waals surface area contributed by atoms with Gasteiger partial charge in [0.1, 0.15) is 0 Å². The smallest absolute Gasteiger partial charge is 0.408 e. The molecule has 1 aromatic heterocycles. The van der Waals surface area contributed by atoms with Gasteiger partial charge in [-0.3, -0.25) is 9.78 Å². The molecule has 0 bridgehead atoms. The maximum absolute atomic E-state index is 11.8. The number of nitrogens with two attached hydrogens (primary N) is 1. The molecular formula is C11H12N2O3. The summed E-state index contributed by atoms with van der Waals surface area (Å²) in [7, 11) is 0. The van der Waals surface area contributed by atoms with E-state index < -0.39 is 5.76 Å². The maximum Gasteiger partial charge on any atom is 0.417 e. The SMILES string of the molecule is CC(CN)C(=O)c1ccc2[nH]c(=O)oc2c1. The number of aromatic amines is 1. The summed E-state index contributed by atoms with van der Waals surface area (Å²) in [5.74, 6) is -0.803. The lowest BCUT2D eigenvalue weighted by molar-refractivity contribution is 0.0934. The first kappa shape index (κ1) is 10.6. The number of H-pyrrole nitrogens is 1. The van der Waals surface area contributed by atoms with Gasteiger partial charge in [-0.15, -0.1) is 0 Å². The van der Waals surface area contributed by atoms with E-state index in [1.54, 1.807) is 25.1 Å². The van der Waals surface area contributed by atoms with Crippen LogP contribution in [-0.4, -0.2) is 17.3 Å². The molecule has 84 valence electrons. The number of oxazole rings is 1. The molecule has 0 saturated heterocycles. The Hall–Kier alpha value is -1.88. The number of carbonyl (C=O) groups is 1. The normalized spacial score (nSPS) is 12.9. The van der Waals surface area contributed by atoms with Crippen molar-refractivity contribution in [1.82, 2.24) is 4.98 Å². The minimum atomic E-state index is -0.522. The lowest BCUT2D eigenvalue weighted by atomic mass is 9.99. The number of nitrogens with one attached hydrogen (secondary N) is 1. The van der Waals surface area contributed by atoms with Gasteiger partial charge >= 0.3 is 5.76 Å². The van der Waals surface area contributed by atoms with Gasteiger partial charge in [0.2, 0.25) is 0 Å². The fraction of sp³-hybridized carbons (Fsp3) is 0.273. The molecule has 2 rings (SSSR count). The highest BCUT2D eigenvalue weighted by molar-refractivity contribution is 6.00. The predicted molar refractivity (Wildman–Crippen MR) is 59.4 cm³/mol. The number of benzene rings is 1. The first-order valence-electron chi connectivity index (χ1n) is 4.99. The third kappa shape index (κ3) is 1.77. The van der Waals surface area contributed by atoms with Crippen LogP contribution in [0, 0.1) is 5.92 Å². The Balaban J connectivity index is 2.46. The zero-order valence-electron chi connectivity index (χ0n) is 8.82. The van der Waals surface area contributed by atoms with Gasteiger partial charge in [0.05, 0.1) is 5.52 Å². The van der Waals surface area contributed by atoms with Crippen LogP contribution in [0.1, 0.15) is 17.3 Å². The molecule has 1 unspecified atom stereocenters. The largest absolute Gasteiger partial charge is 0.417 e. The Bertz CT molecular complexity index is 582. The average molecular weight is 220 g/mol. The maximum atomic E-state index is 11.8. The molecular weight excluding hydrogens is 208 g/mol. The summed E-state index contributed by atoms with van der Waals surface area (Å²) < 4.78 is 4.88. The van der Waals surface area contributed by atoms with E-state index in [9.17, 15) is 9.59 Å². The zero-order chi connectivity index (χ0) is 11.7. The van der Waals surface area contributed by atoms with Crippen molar-refractivity contribution in [3.8, 4) is 0 Å². The Morgan fingerprint density at radius 1 is 1.56 bits per heavy atom. The fourth-order valence-electron chi connectivity index (χ4n) is 1.49. The van der Waals surface area contributed by atoms with Crippen molar-refractivity contribution >= 4 is 16.9 Å². The molecule has 0 aliphatic heterocycles. The number of carbonyl (C=O) groups excluding carboxylic acids is 1. The minimum Gasteiger partial charge on any atom is -0.408 e. The quantitative estimate of drug-likeness (QED) is 0.752. The lowest BCUT2D eigenvalue weighted by Gasteiger charge is -2.06. The zero-order valence-corrected chi connectivity index (χ0v) is 8.82. The van der Waals surface area contributed by atoms with Gasteiger partial charge < -0.3 is 10.2 Å². The second kappa shape index (κ2) is 3.94. The topological polar surface area (TPSA) is 89.1 Å². The van der Waals surface area contributed by atoms with Gasteiger partial charge in [-0.25, -0.2) is 4.79 Å². The fourth-order valence-corrected chi connectivity index (χ4v) is 1.49. The monoisotopic (exact) mass is 220 g/mol. The van der Waals surface area contributed by atoms with Crippen molar-refractivity contribution in [3.05, 3.63) is 34.3 Å². The minimum absolute atomic E-state index is 0.0479. The Kier molecular flexibility index (Phi) is 2.62. The highest BCUT2D eigenvalue weighted by Crippen LogP contribution is 2.15. The second-order valence-electron chi connectivity index (χ2n) is 3.73. The Morgan fingerprint density at radius 2 is 2.31 bits per heavy atom. The third-order valence-corrected chi connectivity index (χ3v) is 2.51. The Labute approximate surface area is 91.2 Å². The highest BCUT2D eigenvalue weighted by Gasteiger charge is 2.14. The molecule has 5 nitrogen and oxygen atoms in total. The molecule has 16 heavy (non-hydrogen) atoms. The van der Waals surface area contributed by atoms with Crippen molar-refractivity contribution in [2.24, 2.45) is 11.7 Å². The molecule has 1 heterocycles. The van der Waals surface area contributed by atoms with E-state index in [0.29, 0.717) is 23.2 Å². The van der Waals surface area contributed by atoms with Crippen molar-refractivity contribution < 1.29 is 9.21 Å². The van der Waals surface area contributed by atoms with Gasteiger partial charge in [-0.1, -0.05) is 6.92 Å². The number of aromatic nitrogens is 1. The average Bonchev–Trinajstić information content (AvgIpc) is 2.65. The molecule has 0 aliphatic rings. The summed E-state index contributed by atoms with van der Waals surface area (Å²) in [6, 6.07) is 4.86. The number of fused-ring (bicyclic) bond motifs is 1. The van der Waals surface area contributed by atoms with E-state index in [1.807, 2.05) is 0 Å². The Morgan fingerprint density at radius 3 is 3.00 bits per heavy atom. The third-order valence-electron chi connectivity index (χ3n) is 2.51. The number of ketones is 1. The van der Waals surface area contributed by atoms with Gasteiger partial charge in [0.15, 0.2) is 11.4 Å². The van der Waals surface area contributed by atoms with E-state index in [-0.39, 0.29) is 11.7 Å². The first-order valence-corrected chi connectivity index (χ1v) is 4.99. The van der Waals surface area contributed by atoms with E-state index >= 15 is 0 Å². The van der Waals surface area contributed by atoms with Crippen LogP contribution in [-0.2, 0) is 0 Å². The van der Waals surface area contributed by atoms with Crippen LogP contribution in [0.4, 0.5) is 0 Å². The van der Waals surface area contributed by atoms with Crippen LogP contribution in [0.3, 0.4) is 0 Å². The number of hydrogen-bond donors (Lipinski definition) is 2. The molecule has 0 saturated carbocycles. The molecule has 5 heteroatoms. The summed E-state index contributed by atoms with van der Waals surface area (Å²) in [6.07, 6.45) is 0. The van der Waals surface area contributed by atoms with Gasteiger partial charge in [0.25, 0.3) is 0 Å². The predicted octanol–water partition coefficient (Wildman–Crippen LogP) is 0.899. The molecule has 0 spiro atoms. The molecule has 1 aromatic carbocycles. The van der Waals surface area contributed by atoms with E-state index in [4.69, 9.17) is 10.2 Å². The highest BCUT2D eigenvalue weighted by atomic mass is 16.4. The standard InChI is InChI=1S/C11H12N2O3/c1-6(5-12)10(14)7-2-3-8-9(4-7)16-11(15)13-8/h2-4,6H,5,12H2,1H3,(H,13,15). The summed E-state index contributed by atoms with van der Waals surface area (Å²) in [5.41, 5.74) is 6.91. The molecule has 1 atom stereocenters. The molecule has 0 fully saturated rings. The van der Waals surface area contributed by atoms with Crippen molar-refractivity contribution in [1.29, 1.82) is 0 Å². The number of Topliss-reactive ketones (excluding diaryl/α,β-unsaturated/α-hetero) is 1. The van der Waals surface area contributed by atoms with E-state index in [0.717, 1.165) is 0 Å². The van der Waals surface area contributed by atoms with Crippen LogP contribution in [0.5, 0.6) is 0 Å². The number of rotatable bonds is 3. The molecule has 3 N–H and O–H groups in total. The summed E-state index contributed by atoms with van der Waals surface area (Å²) in [6.45, 7) is 2.06. The molecule has 0 aliphatic carbocycles. The summed E-state index contributed by atoms with van der Waals surface area (Å²) in [4.78, 5) is 25.3. The molecule has 2 aromatic rings. The van der Waals surface area contributed by atoms with Gasteiger partial charge in [0, 0.05) is 18.0 Å². The van der Waals surface area contributed by atoms with Crippen LogP contribution < -0.4 is 11.5 Å². The van der Waals surface area contributed by atoms with Crippen LogP contribution in [0.15, 0.2) is 27.4 Å². The molecule has 0 radical (unpaired) electrons. The van der Waals surface area contributed by atoms with E-state index in [2.05, 4.69) is 4.98 Å². The summed E-state index contributed by atoms with van der Waals surface area (Å²) >= 11 is 0. The lowest BCUT2D eigenvalue weighted by Crippen LogP contribution is -2.20. The molecule has 0 amide bonds. The van der Waals surface area contributed by atoms with Gasteiger partial charge in [-0.2, -0.15) is 0 Å². The number of hydrogen-bond acceptors (Lipinski definition) is 4. The first-order chi connectivity index (χ1) is 7.61. The van der Waals surface area contributed by atoms with Crippen molar-refractivity contribution in [2.75, 3.05) is 6.54 Å². The van der Waals surface area contributed by atoms with Gasteiger partial charge in [-0.05, 0) is 18.2 Å². The van der Waals surface area contributed by atoms with Crippen LogP contribution in [0.2, 0.25) is 0 Å². The second-order valence-corrected chi connectivity index (χ2v) is 3.73.